The molecule has 0 radical (unpaired) electrons. The molecule has 4 atom stereocenters. The van der Waals surface area contributed by atoms with Crippen molar-refractivity contribution >= 4 is 23.6 Å². The molecular weight excluding hydrogens is 588 g/mol. The summed E-state index contributed by atoms with van der Waals surface area (Å²) in [7, 11) is 1.63. The minimum Gasteiger partial charge on any atom is -0.465 e. The van der Waals surface area contributed by atoms with E-state index in [1.807, 2.05) is 39.0 Å². The molecule has 2 rings (SSSR count). The molecule has 2 amide bonds. The summed E-state index contributed by atoms with van der Waals surface area (Å²) in [6.45, 7) is 17.7. The first kappa shape index (κ1) is 40.0. The monoisotopic (exact) mass is 640 g/mol. The van der Waals surface area contributed by atoms with Crippen LogP contribution in [0, 0.1) is 11.8 Å². The number of ether oxygens (including phenoxy) is 1. The minimum atomic E-state index is -1.33. The van der Waals surface area contributed by atoms with Gasteiger partial charge in [-0.05, 0) is 45.4 Å². The van der Waals surface area contributed by atoms with Gasteiger partial charge in [-0.25, -0.2) is 4.79 Å². The van der Waals surface area contributed by atoms with Crippen LogP contribution in [0.2, 0.25) is 0 Å². The van der Waals surface area contributed by atoms with Crippen molar-refractivity contribution in [2.24, 2.45) is 17.6 Å². The standard InChI is InChI=1S/C34H49N3O5.CH3NO2/c1-8-16-37(17-9-2)18-15-35-32-28-21-23(3)13-14-30(38)26(6)19-24(4)20-27(42-7)12-10-11-25(5)34(41)36-29(33(28)40)22-31(32)39;2-1(3)4/h8-12,19,22-23,26-27,30,35,38H,1-2,13-18,20-21H2,3-7H3,(H,36,41);2H2,(H,3,4)/b12-10-,24-19+,25-11+;. The Morgan fingerprint density at radius 1 is 1.15 bits per heavy atom. The number of fused-ring (bicyclic) bond motifs is 2. The number of carbonyl (C=O) groups is 4. The Balaban J connectivity index is 0.00000249. The van der Waals surface area contributed by atoms with Gasteiger partial charge in [-0.2, -0.15) is 0 Å². The SMILES string of the molecule is C=CCN(CC=C)CCNC1=C2CC(C)CCC(O)C(C)/C=C(\C)CC(OC)/C=C\C=C(/C)C(=O)NC(=CC1=O)C2=O.NC(=O)O. The molecule has 11 nitrogen and oxygen atoms in total. The highest BCUT2D eigenvalue weighted by molar-refractivity contribution is 6.23. The number of allylic oxidation sites excluding steroid dienone is 4. The molecular formula is C35H52N4O7. The first-order valence-electron chi connectivity index (χ1n) is 15.5. The van der Waals surface area contributed by atoms with Crippen molar-refractivity contribution in [1.82, 2.24) is 15.5 Å². The summed E-state index contributed by atoms with van der Waals surface area (Å²) in [5.41, 5.74) is 6.10. The molecule has 0 aromatic carbocycles. The fourth-order valence-electron chi connectivity index (χ4n) is 5.10. The number of carboxylic acid groups (broad SMARTS) is 1. The zero-order valence-electron chi connectivity index (χ0n) is 27.9. The van der Waals surface area contributed by atoms with Gasteiger partial charge in [0.1, 0.15) is 0 Å². The molecule has 1 aliphatic carbocycles. The number of aliphatic hydroxyl groups is 1. The molecule has 0 saturated carbocycles. The number of nitrogens with two attached hydrogens (primary N) is 1. The van der Waals surface area contributed by atoms with Gasteiger partial charge in [-0.1, -0.05) is 55.9 Å². The Morgan fingerprint density at radius 3 is 2.37 bits per heavy atom. The van der Waals surface area contributed by atoms with Crippen LogP contribution in [0.25, 0.3) is 0 Å². The van der Waals surface area contributed by atoms with Crippen molar-refractivity contribution in [3.8, 4) is 0 Å². The van der Waals surface area contributed by atoms with E-state index in [0.29, 0.717) is 63.0 Å². The van der Waals surface area contributed by atoms with Crippen LogP contribution in [-0.2, 0) is 19.1 Å². The van der Waals surface area contributed by atoms with Gasteiger partial charge in [0.15, 0.2) is 0 Å². The quantitative estimate of drug-likeness (QED) is 0.185. The molecule has 2 aliphatic rings. The lowest BCUT2D eigenvalue weighted by Crippen LogP contribution is -2.38. The maximum Gasteiger partial charge on any atom is 0.402 e. The molecule has 2 bridgehead atoms. The van der Waals surface area contributed by atoms with Crippen LogP contribution in [0.15, 0.2) is 83.8 Å². The van der Waals surface area contributed by atoms with E-state index in [1.165, 1.54) is 6.08 Å². The molecule has 1 heterocycles. The Labute approximate surface area is 273 Å². The van der Waals surface area contributed by atoms with Gasteiger partial charge in [0.2, 0.25) is 11.6 Å². The van der Waals surface area contributed by atoms with E-state index in [-0.39, 0.29) is 40.9 Å². The Hall–Kier alpha value is -4.06. The molecule has 4 unspecified atom stereocenters. The van der Waals surface area contributed by atoms with Crippen LogP contribution in [-0.4, -0.2) is 84.2 Å². The summed E-state index contributed by atoms with van der Waals surface area (Å²) in [5.74, 6) is -1.22. The van der Waals surface area contributed by atoms with E-state index in [4.69, 9.17) is 14.6 Å². The average Bonchev–Trinajstić information content (AvgIpc) is 2.98. The summed E-state index contributed by atoms with van der Waals surface area (Å²) < 4.78 is 5.58. The molecule has 6 N–H and O–H groups in total. The number of hydrogen-bond acceptors (Lipinski definition) is 8. The molecule has 11 heteroatoms. The molecule has 1 aliphatic heterocycles. The first-order valence-corrected chi connectivity index (χ1v) is 15.5. The maximum absolute atomic E-state index is 13.7. The zero-order chi connectivity index (χ0) is 34.8. The van der Waals surface area contributed by atoms with Gasteiger partial charge >= 0.3 is 6.09 Å². The molecule has 0 fully saturated rings. The Morgan fingerprint density at radius 2 is 1.78 bits per heavy atom. The van der Waals surface area contributed by atoms with Gasteiger partial charge in [-0.15, -0.1) is 13.2 Å². The van der Waals surface area contributed by atoms with Gasteiger partial charge in [-0.3, -0.25) is 19.3 Å². The fraction of sp³-hybridized carbons (Fsp3) is 0.486. The number of amides is 2. The second-order valence-electron chi connectivity index (χ2n) is 11.7. The third-order valence-corrected chi connectivity index (χ3v) is 7.61. The summed E-state index contributed by atoms with van der Waals surface area (Å²) in [6.07, 6.45) is 12.3. The van der Waals surface area contributed by atoms with E-state index in [9.17, 15) is 19.5 Å². The van der Waals surface area contributed by atoms with Crippen LogP contribution in [0.5, 0.6) is 0 Å². The lowest BCUT2D eigenvalue weighted by molar-refractivity contribution is -0.120. The lowest BCUT2D eigenvalue weighted by atomic mass is 9.86. The molecule has 0 saturated heterocycles. The largest absolute Gasteiger partial charge is 0.465 e. The van der Waals surface area contributed by atoms with Crippen molar-refractivity contribution in [3.05, 3.63) is 83.8 Å². The smallest absolute Gasteiger partial charge is 0.402 e. The van der Waals surface area contributed by atoms with E-state index in [0.717, 1.165) is 5.57 Å². The predicted molar refractivity (Wildman–Crippen MR) is 181 cm³/mol. The Kier molecular flexibility index (Phi) is 18.1. The number of nitrogens with one attached hydrogen (secondary N) is 2. The number of Topliss-reactive ketones (excluding diaryl/α,β-unsaturated/α-hetero) is 1. The second kappa shape index (κ2) is 20.9. The van der Waals surface area contributed by atoms with E-state index in [1.54, 1.807) is 26.2 Å². The normalized spacial score (nSPS) is 26.3. The Bertz CT molecular complexity index is 1250. The van der Waals surface area contributed by atoms with E-state index in [2.05, 4.69) is 40.5 Å². The van der Waals surface area contributed by atoms with Crippen LogP contribution < -0.4 is 16.4 Å². The van der Waals surface area contributed by atoms with Crippen LogP contribution in [0.4, 0.5) is 4.79 Å². The third-order valence-electron chi connectivity index (χ3n) is 7.61. The maximum atomic E-state index is 13.7. The number of nitrogens with zero attached hydrogens (tertiary/aromatic N) is 1. The lowest BCUT2D eigenvalue weighted by Gasteiger charge is -2.25. The number of hydrogen-bond donors (Lipinski definition) is 5. The summed E-state index contributed by atoms with van der Waals surface area (Å²) in [6, 6.07) is 0. The van der Waals surface area contributed by atoms with Gasteiger partial charge in [0.25, 0.3) is 5.91 Å². The highest BCUT2D eigenvalue weighted by Gasteiger charge is 2.31. The summed E-state index contributed by atoms with van der Waals surface area (Å²) >= 11 is 0. The number of ketones is 2. The molecule has 46 heavy (non-hydrogen) atoms. The fourth-order valence-corrected chi connectivity index (χ4v) is 5.10. The number of rotatable bonds is 9. The van der Waals surface area contributed by atoms with E-state index < -0.39 is 18.1 Å². The molecule has 0 aromatic heterocycles. The summed E-state index contributed by atoms with van der Waals surface area (Å²) in [4.78, 5) is 50.8. The highest BCUT2D eigenvalue weighted by atomic mass is 16.5. The molecule has 254 valence electrons. The van der Waals surface area contributed by atoms with Gasteiger partial charge < -0.3 is 31.3 Å². The van der Waals surface area contributed by atoms with Crippen molar-refractivity contribution in [2.75, 3.05) is 33.3 Å². The topological polar surface area (TPSA) is 171 Å². The zero-order valence-corrected chi connectivity index (χ0v) is 27.9. The van der Waals surface area contributed by atoms with Crippen molar-refractivity contribution < 1.29 is 34.1 Å². The third kappa shape index (κ3) is 14.4. The second-order valence-corrected chi connectivity index (χ2v) is 11.7. The van der Waals surface area contributed by atoms with Crippen molar-refractivity contribution in [2.45, 2.75) is 65.6 Å². The van der Waals surface area contributed by atoms with Crippen molar-refractivity contribution in [3.63, 3.8) is 0 Å². The average molecular weight is 641 g/mol. The minimum absolute atomic E-state index is 0.0133. The predicted octanol–water partition coefficient (Wildman–Crippen LogP) is 3.95. The number of methoxy groups -OCH3 is 1. The van der Waals surface area contributed by atoms with Crippen LogP contribution >= 0.6 is 0 Å². The van der Waals surface area contributed by atoms with Gasteiger partial charge in [0, 0.05) is 56.4 Å². The van der Waals surface area contributed by atoms with Gasteiger partial charge in [0.05, 0.1) is 23.6 Å². The number of aliphatic hydroxyl groups excluding tert-OH is 1. The van der Waals surface area contributed by atoms with Crippen LogP contribution in [0.1, 0.15) is 53.4 Å². The number of carbonyl (C=O) groups excluding carboxylic acids is 3. The van der Waals surface area contributed by atoms with E-state index >= 15 is 0 Å². The molecule has 0 spiro atoms. The first-order chi connectivity index (χ1) is 21.7. The van der Waals surface area contributed by atoms with Crippen LogP contribution in [0.3, 0.4) is 0 Å². The number of primary amides is 1. The summed E-state index contributed by atoms with van der Waals surface area (Å²) in [5, 5.41) is 23.9. The van der Waals surface area contributed by atoms with Crippen molar-refractivity contribution in [1.29, 1.82) is 0 Å². The molecule has 0 aromatic rings. The highest BCUT2D eigenvalue weighted by Crippen LogP contribution is 2.27.